The van der Waals surface area contributed by atoms with Gasteiger partial charge in [-0.2, -0.15) is 5.10 Å². The average molecular weight is 264 g/mol. The van der Waals surface area contributed by atoms with Crippen LogP contribution in [0.25, 0.3) is 0 Å². The predicted molar refractivity (Wildman–Crippen MR) is 49.3 cm³/mol. The molecule has 1 aliphatic heterocycles. The maximum absolute atomic E-state index is 9.51. The third kappa shape index (κ3) is 0.997. The topological polar surface area (TPSA) is 38.0 Å². The van der Waals surface area contributed by atoms with E-state index < -0.39 is 0 Å². The Morgan fingerprint density at radius 1 is 1.73 bits per heavy atom. The lowest BCUT2D eigenvalue weighted by Gasteiger charge is -1.98. The van der Waals surface area contributed by atoms with Gasteiger partial charge in [-0.25, -0.2) is 0 Å². The highest BCUT2D eigenvalue weighted by molar-refractivity contribution is 14.1. The van der Waals surface area contributed by atoms with Gasteiger partial charge >= 0.3 is 0 Å². The van der Waals surface area contributed by atoms with E-state index >= 15 is 0 Å². The maximum atomic E-state index is 9.51. The zero-order chi connectivity index (χ0) is 8.01. The molecular weight excluding hydrogens is 255 g/mol. The van der Waals surface area contributed by atoms with Crippen LogP contribution in [0.15, 0.2) is 0 Å². The molecule has 1 aromatic rings. The molecule has 1 atom stereocenters. The molecule has 0 amide bonds. The van der Waals surface area contributed by atoms with Gasteiger partial charge in [0, 0.05) is 6.54 Å². The molecule has 60 valence electrons. The fourth-order valence-electron chi connectivity index (χ4n) is 1.45. The van der Waals surface area contributed by atoms with Crippen LogP contribution in [0.3, 0.4) is 0 Å². The van der Waals surface area contributed by atoms with Gasteiger partial charge in [-0.1, -0.05) is 0 Å². The second kappa shape index (κ2) is 2.45. The van der Waals surface area contributed by atoms with Crippen LogP contribution < -0.4 is 0 Å². The Bertz CT molecular complexity index is 295. The molecule has 1 N–H and O–H groups in total. The molecule has 2 rings (SSSR count). The summed E-state index contributed by atoms with van der Waals surface area (Å²) in [6, 6.07) is 0. The van der Waals surface area contributed by atoms with Crippen LogP contribution in [0.5, 0.6) is 0 Å². The molecule has 0 radical (unpaired) electrons. The molecule has 0 aromatic carbocycles. The summed E-state index contributed by atoms with van der Waals surface area (Å²) < 4.78 is 3.02. The SMILES string of the molecule is Cc1nn2c(c1I)C(O)CC2. The first kappa shape index (κ1) is 7.54. The minimum atomic E-state index is -0.289. The van der Waals surface area contributed by atoms with Crippen LogP contribution >= 0.6 is 22.6 Å². The summed E-state index contributed by atoms with van der Waals surface area (Å²) in [6.45, 7) is 2.83. The highest BCUT2D eigenvalue weighted by atomic mass is 127. The van der Waals surface area contributed by atoms with E-state index in [0.29, 0.717) is 0 Å². The molecule has 3 nitrogen and oxygen atoms in total. The third-order valence-corrected chi connectivity index (χ3v) is 3.35. The molecule has 2 heterocycles. The first-order valence-corrected chi connectivity index (χ1v) is 4.69. The van der Waals surface area contributed by atoms with E-state index in [1.165, 1.54) is 0 Å². The minimum absolute atomic E-state index is 0.289. The zero-order valence-corrected chi connectivity index (χ0v) is 8.37. The van der Waals surface area contributed by atoms with E-state index in [4.69, 9.17) is 0 Å². The van der Waals surface area contributed by atoms with E-state index in [9.17, 15) is 5.11 Å². The summed E-state index contributed by atoms with van der Waals surface area (Å²) in [6.07, 6.45) is 0.529. The molecule has 0 saturated heterocycles. The van der Waals surface area contributed by atoms with Crippen molar-refractivity contribution in [2.75, 3.05) is 0 Å². The standard InChI is InChI=1S/C7H9IN2O/c1-4-6(8)7-5(11)2-3-10(7)9-4/h5,11H,2-3H2,1H3. The summed E-state index contributed by atoms with van der Waals surface area (Å²) in [4.78, 5) is 0. The van der Waals surface area contributed by atoms with Crippen LogP contribution in [0, 0.1) is 10.5 Å². The lowest BCUT2D eigenvalue weighted by Crippen LogP contribution is -1.95. The van der Waals surface area contributed by atoms with Crippen molar-refractivity contribution in [3.8, 4) is 0 Å². The Labute approximate surface area is 78.5 Å². The Morgan fingerprint density at radius 3 is 3.09 bits per heavy atom. The average Bonchev–Trinajstić information content (AvgIpc) is 2.41. The van der Waals surface area contributed by atoms with Crippen LogP contribution in [-0.4, -0.2) is 14.9 Å². The van der Waals surface area contributed by atoms with Gasteiger partial charge in [0.25, 0.3) is 0 Å². The number of aliphatic hydroxyl groups excluding tert-OH is 1. The highest BCUT2D eigenvalue weighted by Gasteiger charge is 2.25. The van der Waals surface area contributed by atoms with Gasteiger partial charge in [0.15, 0.2) is 0 Å². The lowest BCUT2D eigenvalue weighted by atomic mass is 10.2. The van der Waals surface area contributed by atoms with Crippen LogP contribution in [0.4, 0.5) is 0 Å². The molecule has 11 heavy (non-hydrogen) atoms. The summed E-state index contributed by atoms with van der Waals surface area (Å²) in [7, 11) is 0. The molecule has 0 spiro atoms. The summed E-state index contributed by atoms with van der Waals surface area (Å²) in [5.74, 6) is 0. The van der Waals surface area contributed by atoms with Crippen molar-refractivity contribution in [1.82, 2.24) is 9.78 Å². The number of aromatic nitrogens is 2. The lowest BCUT2D eigenvalue weighted by molar-refractivity contribution is 0.179. The van der Waals surface area contributed by atoms with Gasteiger partial charge in [-0.3, -0.25) is 4.68 Å². The fourth-order valence-corrected chi connectivity index (χ4v) is 2.19. The van der Waals surface area contributed by atoms with Crippen molar-refractivity contribution in [2.24, 2.45) is 0 Å². The smallest absolute Gasteiger partial charge is 0.0985 e. The molecule has 4 heteroatoms. The van der Waals surface area contributed by atoms with Crippen molar-refractivity contribution < 1.29 is 5.11 Å². The van der Waals surface area contributed by atoms with Crippen LogP contribution in [0.1, 0.15) is 23.9 Å². The monoisotopic (exact) mass is 264 g/mol. The molecule has 1 aromatic heterocycles. The number of rotatable bonds is 0. The zero-order valence-electron chi connectivity index (χ0n) is 6.21. The number of nitrogens with zero attached hydrogens (tertiary/aromatic N) is 2. The quantitative estimate of drug-likeness (QED) is 0.716. The number of hydrogen-bond acceptors (Lipinski definition) is 2. The number of fused-ring (bicyclic) bond motifs is 1. The second-order valence-corrected chi connectivity index (χ2v) is 3.89. The third-order valence-electron chi connectivity index (χ3n) is 2.02. The van der Waals surface area contributed by atoms with Gasteiger partial charge in [0.1, 0.15) is 0 Å². The summed E-state index contributed by atoms with van der Waals surface area (Å²) >= 11 is 2.24. The molecule has 0 fully saturated rings. The predicted octanol–water partition coefficient (Wildman–Crippen LogP) is 1.23. The number of aryl methyl sites for hydroxylation is 2. The molecule has 0 aliphatic carbocycles. The number of hydrogen-bond donors (Lipinski definition) is 1. The molecule has 1 unspecified atom stereocenters. The van der Waals surface area contributed by atoms with E-state index in [1.807, 2.05) is 11.6 Å². The van der Waals surface area contributed by atoms with Crippen molar-refractivity contribution in [3.05, 3.63) is 15.0 Å². The minimum Gasteiger partial charge on any atom is -0.387 e. The maximum Gasteiger partial charge on any atom is 0.0985 e. The summed E-state index contributed by atoms with van der Waals surface area (Å²) in [5.41, 5.74) is 2.03. The van der Waals surface area contributed by atoms with Gasteiger partial charge in [0.05, 0.1) is 21.1 Å². The Morgan fingerprint density at radius 2 is 2.45 bits per heavy atom. The Hall–Kier alpha value is -0.100. The summed E-state index contributed by atoms with van der Waals surface area (Å²) in [5, 5.41) is 13.8. The second-order valence-electron chi connectivity index (χ2n) is 2.81. The van der Waals surface area contributed by atoms with Crippen molar-refractivity contribution in [1.29, 1.82) is 0 Å². The van der Waals surface area contributed by atoms with Crippen molar-refractivity contribution in [3.63, 3.8) is 0 Å². The van der Waals surface area contributed by atoms with Crippen LogP contribution in [0.2, 0.25) is 0 Å². The van der Waals surface area contributed by atoms with Crippen molar-refractivity contribution >= 4 is 22.6 Å². The van der Waals surface area contributed by atoms with E-state index in [-0.39, 0.29) is 6.10 Å². The van der Waals surface area contributed by atoms with E-state index in [1.54, 1.807) is 0 Å². The number of aliphatic hydroxyl groups is 1. The van der Waals surface area contributed by atoms with Crippen LogP contribution in [-0.2, 0) is 6.54 Å². The highest BCUT2D eigenvalue weighted by Crippen LogP contribution is 2.30. The molecule has 1 aliphatic rings. The van der Waals surface area contributed by atoms with Crippen molar-refractivity contribution in [2.45, 2.75) is 26.0 Å². The number of halogens is 1. The molecule has 0 bridgehead atoms. The first-order chi connectivity index (χ1) is 5.20. The fraction of sp³-hybridized carbons (Fsp3) is 0.571. The van der Waals surface area contributed by atoms with E-state index in [0.717, 1.165) is 27.9 Å². The normalized spacial score (nSPS) is 22.3. The van der Waals surface area contributed by atoms with Gasteiger partial charge < -0.3 is 5.11 Å². The Balaban J connectivity index is 2.58. The van der Waals surface area contributed by atoms with Gasteiger partial charge in [0.2, 0.25) is 0 Å². The molecular formula is C7H9IN2O. The molecule has 0 saturated carbocycles. The van der Waals surface area contributed by atoms with Gasteiger partial charge in [-0.15, -0.1) is 0 Å². The first-order valence-electron chi connectivity index (χ1n) is 3.61. The largest absolute Gasteiger partial charge is 0.387 e. The van der Waals surface area contributed by atoms with E-state index in [2.05, 4.69) is 27.7 Å². The van der Waals surface area contributed by atoms with Gasteiger partial charge in [-0.05, 0) is 35.9 Å². The Kier molecular flexibility index (Phi) is 1.68.